The summed E-state index contributed by atoms with van der Waals surface area (Å²) in [5.41, 5.74) is 8.63. The van der Waals surface area contributed by atoms with Gasteiger partial charge in [-0.1, -0.05) is 23.7 Å². The average Bonchev–Trinajstić information content (AvgIpc) is 2.43. The topological polar surface area (TPSA) is 59.6 Å². The summed E-state index contributed by atoms with van der Waals surface area (Å²) in [7, 11) is 0. The number of nitrogens with one attached hydrogen (secondary N) is 1. The number of ether oxygens (including phenoxy) is 1. The van der Waals surface area contributed by atoms with Gasteiger partial charge in [-0.2, -0.15) is 5.10 Å². The standard InChI is InChI=1S/C14H12ClN3OS/c15-12-3-1-2-4-13(12)19-11-7-5-10(6-8-11)9-17-18-14(16)20/h1-9H,(H3,16,18,20)/b17-9-. The van der Waals surface area contributed by atoms with Crippen LogP contribution < -0.4 is 15.9 Å². The summed E-state index contributed by atoms with van der Waals surface area (Å²) in [6, 6.07) is 14.7. The van der Waals surface area contributed by atoms with E-state index in [1.54, 1.807) is 12.3 Å². The summed E-state index contributed by atoms with van der Waals surface area (Å²) in [5.74, 6) is 1.31. The van der Waals surface area contributed by atoms with Crippen molar-refractivity contribution in [2.75, 3.05) is 0 Å². The van der Waals surface area contributed by atoms with E-state index in [-0.39, 0.29) is 5.11 Å². The van der Waals surface area contributed by atoms with Crippen molar-refractivity contribution in [3.05, 3.63) is 59.1 Å². The number of rotatable bonds is 4. The summed E-state index contributed by atoms with van der Waals surface area (Å²) < 4.78 is 5.67. The summed E-state index contributed by atoms with van der Waals surface area (Å²) in [6.07, 6.45) is 1.61. The Hall–Kier alpha value is -2.11. The third-order valence-corrected chi connectivity index (χ3v) is 2.74. The number of thiocarbonyl (C=S) groups is 1. The van der Waals surface area contributed by atoms with Crippen LogP contribution in [0.1, 0.15) is 5.56 Å². The predicted octanol–water partition coefficient (Wildman–Crippen LogP) is 3.30. The van der Waals surface area contributed by atoms with Crippen LogP contribution in [-0.2, 0) is 0 Å². The van der Waals surface area contributed by atoms with Gasteiger partial charge >= 0.3 is 0 Å². The fourth-order valence-electron chi connectivity index (χ4n) is 1.45. The van der Waals surface area contributed by atoms with E-state index >= 15 is 0 Å². The molecule has 3 N–H and O–H groups in total. The van der Waals surface area contributed by atoms with Crippen molar-refractivity contribution in [2.45, 2.75) is 0 Å². The van der Waals surface area contributed by atoms with Crippen LogP contribution in [0.25, 0.3) is 0 Å². The van der Waals surface area contributed by atoms with E-state index in [1.807, 2.05) is 42.5 Å². The number of hydrazone groups is 1. The molecule has 0 heterocycles. The quantitative estimate of drug-likeness (QED) is 0.517. The average molecular weight is 306 g/mol. The van der Waals surface area contributed by atoms with Crippen LogP contribution in [0.5, 0.6) is 11.5 Å². The van der Waals surface area contributed by atoms with E-state index in [0.717, 1.165) is 5.56 Å². The van der Waals surface area contributed by atoms with Crippen molar-refractivity contribution >= 4 is 35.1 Å². The van der Waals surface area contributed by atoms with Crippen molar-refractivity contribution in [3.8, 4) is 11.5 Å². The molecule has 0 aromatic heterocycles. The Morgan fingerprint density at radius 1 is 1.20 bits per heavy atom. The zero-order chi connectivity index (χ0) is 14.4. The van der Waals surface area contributed by atoms with Gasteiger partial charge in [-0.3, -0.25) is 5.43 Å². The normalized spacial score (nSPS) is 10.4. The molecule has 0 spiro atoms. The lowest BCUT2D eigenvalue weighted by Gasteiger charge is -2.07. The van der Waals surface area contributed by atoms with Crippen molar-refractivity contribution in [1.82, 2.24) is 5.43 Å². The van der Waals surface area contributed by atoms with Gasteiger partial charge < -0.3 is 10.5 Å². The summed E-state index contributed by atoms with van der Waals surface area (Å²) in [6.45, 7) is 0. The van der Waals surface area contributed by atoms with Crippen molar-refractivity contribution in [2.24, 2.45) is 10.8 Å². The third kappa shape index (κ3) is 4.22. The van der Waals surface area contributed by atoms with Crippen molar-refractivity contribution in [3.63, 3.8) is 0 Å². The molecular formula is C14H12ClN3OS. The largest absolute Gasteiger partial charge is 0.456 e. The number of hydrogen-bond donors (Lipinski definition) is 2. The number of halogens is 1. The molecule has 2 aromatic carbocycles. The summed E-state index contributed by atoms with van der Waals surface area (Å²) in [4.78, 5) is 0. The maximum atomic E-state index is 6.03. The molecule has 0 saturated carbocycles. The predicted molar refractivity (Wildman–Crippen MR) is 85.5 cm³/mol. The molecule has 0 fully saturated rings. The molecule has 0 aliphatic carbocycles. The molecule has 0 radical (unpaired) electrons. The van der Waals surface area contributed by atoms with Gasteiger partial charge in [0, 0.05) is 0 Å². The maximum Gasteiger partial charge on any atom is 0.184 e. The number of benzene rings is 2. The number of nitrogens with zero attached hydrogens (tertiary/aromatic N) is 1. The highest BCUT2D eigenvalue weighted by molar-refractivity contribution is 7.80. The molecule has 0 atom stereocenters. The van der Waals surface area contributed by atoms with E-state index in [0.29, 0.717) is 16.5 Å². The molecule has 0 saturated heterocycles. The Morgan fingerprint density at radius 3 is 2.55 bits per heavy atom. The molecule has 0 bridgehead atoms. The molecule has 4 nitrogen and oxygen atoms in total. The van der Waals surface area contributed by atoms with Crippen molar-refractivity contribution in [1.29, 1.82) is 0 Å². The Balaban J connectivity index is 2.03. The first-order valence-corrected chi connectivity index (χ1v) is 6.55. The minimum absolute atomic E-state index is 0.125. The van der Waals surface area contributed by atoms with Crippen molar-refractivity contribution < 1.29 is 4.74 Å². The van der Waals surface area contributed by atoms with Gasteiger partial charge in [0.2, 0.25) is 0 Å². The maximum absolute atomic E-state index is 6.03. The molecule has 0 aliphatic rings. The van der Waals surface area contributed by atoms with Crippen LogP contribution in [0.3, 0.4) is 0 Å². The summed E-state index contributed by atoms with van der Waals surface area (Å²) >= 11 is 10.7. The Kier molecular flexibility index (Phi) is 4.92. The van der Waals surface area contributed by atoms with Crippen LogP contribution in [0.2, 0.25) is 5.02 Å². The molecular weight excluding hydrogens is 294 g/mol. The van der Waals surface area contributed by atoms with Gasteiger partial charge in [-0.15, -0.1) is 0 Å². The lowest BCUT2D eigenvalue weighted by Crippen LogP contribution is -2.23. The highest BCUT2D eigenvalue weighted by atomic mass is 35.5. The number of para-hydroxylation sites is 1. The van der Waals surface area contributed by atoms with Gasteiger partial charge in [0.1, 0.15) is 11.5 Å². The SMILES string of the molecule is NC(=S)N/N=C\c1ccc(Oc2ccccc2Cl)cc1. The van der Waals surface area contributed by atoms with Crippen LogP contribution in [0, 0.1) is 0 Å². The highest BCUT2D eigenvalue weighted by Crippen LogP contribution is 2.28. The highest BCUT2D eigenvalue weighted by Gasteiger charge is 2.01. The first-order chi connectivity index (χ1) is 9.65. The molecule has 0 amide bonds. The molecule has 6 heteroatoms. The summed E-state index contributed by atoms with van der Waals surface area (Å²) in [5, 5.41) is 4.56. The fourth-order valence-corrected chi connectivity index (χ4v) is 1.67. The zero-order valence-electron chi connectivity index (χ0n) is 10.4. The van der Waals surface area contributed by atoms with Gasteiger partial charge in [0.15, 0.2) is 5.11 Å². The van der Waals surface area contributed by atoms with Gasteiger partial charge in [0.25, 0.3) is 0 Å². The molecule has 0 unspecified atom stereocenters. The minimum atomic E-state index is 0.125. The smallest absolute Gasteiger partial charge is 0.184 e. The Labute approximate surface area is 127 Å². The van der Waals surface area contributed by atoms with Crippen LogP contribution >= 0.6 is 23.8 Å². The van der Waals surface area contributed by atoms with Crippen LogP contribution in [-0.4, -0.2) is 11.3 Å². The Morgan fingerprint density at radius 2 is 1.90 bits per heavy atom. The van der Waals surface area contributed by atoms with E-state index in [9.17, 15) is 0 Å². The van der Waals surface area contributed by atoms with Crippen LogP contribution in [0.4, 0.5) is 0 Å². The first kappa shape index (κ1) is 14.3. The van der Waals surface area contributed by atoms with Crippen LogP contribution in [0.15, 0.2) is 53.6 Å². The van der Waals surface area contributed by atoms with Gasteiger partial charge in [-0.25, -0.2) is 0 Å². The van der Waals surface area contributed by atoms with E-state index in [2.05, 4.69) is 22.7 Å². The fraction of sp³-hybridized carbons (Fsp3) is 0. The molecule has 102 valence electrons. The second-order valence-corrected chi connectivity index (χ2v) is 4.68. The number of nitrogens with two attached hydrogens (primary N) is 1. The second kappa shape index (κ2) is 6.88. The molecule has 2 rings (SSSR count). The molecule has 0 aliphatic heterocycles. The molecule has 2 aromatic rings. The van der Waals surface area contributed by atoms with E-state index in [4.69, 9.17) is 22.1 Å². The molecule has 20 heavy (non-hydrogen) atoms. The second-order valence-electron chi connectivity index (χ2n) is 3.84. The van der Waals surface area contributed by atoms with E-state index < -0.39 is 0 Å². The first-order valence-electron chi connectivity index (χ1n) is 5.76. The Bertz CT molecular complexity index is 629. The third-order valence-electron chi connectivity index (χ3n) is 2.33. The lowest BCUT2D eigenvalue weighted by atomic mass is 10.2. The minimum Gasteiger partial charge on any atom is -0.456 e. The van der Waals surface area contributed by atoms with Gasteiger partial charge in [-0.05, 0) is 54.2 Å². The van der Waals surface area contributed by atoms with Gasteiger partial charge in [0.05, 0.1) is 11.2 Å². The van der Waals surface area contributed by atoms with E-state index in [1.165, 1.54) is 0 Å². The number of hydrogen-bond acceptors (Lipinski definition) is 3. The monoisotopic (exact) mass is 305 g/mol. The zero-order valence-corrected chi connectivity index (χ0v) is 12.0. The lowest BCUT2D eigenvalue weighted by molar-refractivity contribution is 0.483.